The number of ether oxygens (including phenoxy) is 1. The Morgan fingerprint density at radius 1 is 1.24 bits per heavy atom. The summed E-state index contributed by atoms with van der Waals surface area (Å²) < 4.78 is 7.29. The van der Waals surface area contributed by atoms with Crippen LogP contribution in [0.4, 0.5) is 0 Å². The molecule has 0 atom stereocenters. The maximum absolute atomic E-state index is 5.38. The van der Waals surface area contributed by atoms with Crippen LogP contribution in [-0.2, 0) is 20.1 Å². The van der Waals surface area contributed by atoms with Gasteiger partial charge in [-0.15, -0.1) is 24.0 Å². The van der Waals surface area contributed by atoms with E-state index in [-0.39, 0.29) is 24.0 Å². The molecule has 1 heterocycles. The second kappa shape index (κ2) is 10.3. The highest BCUT2D eigenvalue weighted by Crippen LogP contribution is 2.18. The Hall–Kier alpha value is -1.77. The number of rotatable bonds is 6. The summed E-state index contributed by atoms with van der Waals surface area (Å²) in [5.41, 5.74) is 4.48. The lowest BCUT2D eigenvalue weighted by Crippen LogP contribution is -2.37. The minimum absolute atomic E-state index is 0. The fourth-order valence-electron chi connectivity index (χ4n) is 2.58. The van der Waals surface area contributed by atoms with Gasteiger partial charge in [-0.25, -0.2) is 4.99 Å². The third-order valence-corrected chi connectivity index (χ3v) is 4.04. The molecule has 7 heteroatoms. The quantitative estimate of drug-likeness (QED) is 0.398. The molecule has 0 aliphatic carbocycles. The van der Waals surface area contributed by atoms with Crippen molar-refractivity contribution in [3.63, 3.8) is 0 Å². The van der Waals surface area contributed by atoms with Crippen molar-refractivity contribution in [3.05, 3.63) is 46.8 Å². The van der Waals surface area contributed by atoms with E-state index in [0.717, 1.165) is 29.5 Å². The molecule has 138 valence electrons. The van der Waals surface area contributed by atoms with Crippen LogP contribution in [0.15, 0.2) is 29.3 Å². The first-order valence-electron chi connectivity index (χ1n) is 8.20. The molecule has 1 aromatic heterocycles. The van der Waals surface area contributed by atoms with Crippen molar-refractivity contribution in [2.75, 3.05) is 13.7 Å². The van der Waals surface area contributed by atoms with Crippen molar-refractivity contribution in [3.8, 4) is 5.75 Å². The Morgan fingerprint density at radius 3 is 2.56 bits per heavy atom. The van der Waals surface area contributed by atoms with E-state index in [1.165, 1.54) is 11.3 Å². The zero-order chi connectivity index (χ0) is 17.5. The summed E-state index contributed by atoms with van der Waals surface area (Å²) in [6, 6.07) is 7.94. The molecule has 0 unspecified atom stereocenters. The number of aliphatic imine (C=N–C) groups is 1. The first-order valence-corrected chi connectivity index (χ1v) is 8.20. The Balaban J connectivity index is 0.00000312. The fraction of sp³-hybridized carbons (Fsp3) is 0.444. The molecule has 6 nitrogen and oxygen atoms in total. The van der Waals surface area contributed by atoms with Gasteiger partial charge in [-0.2, -0.15) is 5.10 Å². The van der Waals surface area contributed by atoms with Crippen LogP contribution in [0.5, 0.6) is 5.75 Å². The maximum atomic E-state index is 5.38. The van der Waals surface area contributed by atoms with Crippen LogP contribution in [0.3, 0.4) is 0 Å². The standard InChI is InChI=1S/C18H27N5O.HI/c1-6-19-18(20-11-15-9-7-8-10-17(15)24-5)21-12-16-13(2)22-23(4)14(16)3;/h7-10H,6,11-12H2,1-5H3,(H2,19,20,21);1H. The predicted octanol–water partition coefficient (Wildman–Crippen LogP) is 2.92. The van der Waals surface area contributed by atoms with Gasteiger partial charge in [0.05, 0.1) is 19.3 Å². The number of hydrogen-bond donors (Lipinski definition) is 2. The van der Waals surface area contributed by atoms with Crippen LogP contribution in [0.2, 0.25) is 0 Å². The lowest BCUT2D eigenvalue weighted by atomic mass is 10.2. The third kappa shape index (κ3) is 5.62. The van der Waals surface area contributed by atoms with E-state index >= 15 is 0 Å². The molecule has 0 bridgehead atoms. The van der Waals surface area contributed by atoms with Gasteiger partial charge in [0.15, 0.2) is 5.96 Å². The number of halogens is 1. The van der Waals surface area contributed by atoms with E-state index in [2.05, 4.69) is 34.6 Å². The smallest absolute Gasteiger partial charge is 0.191 e. The highest BCUT2D eigenvalue weighted by atomic mass is 127. The number of aryl methyl sites for hydroxylation is 2. The molecule has 0 spiro atoms. The van der Waals surface area contributed by atoms with Crippen molar-refractivity contribution in [2.24, 2.45) is 12.0 Å². The zero-order valence-corrected chi connectivity index (χ0v) is 17.9. The van der Waals surface area contributed by atoms with E-state index in [1.807, 2.05) is 42.9 Å². The largest absolute Gasteiger partial charge is 0.496 e. The highest BCUT2D eigenvalue weighted by molar-refractivity contribution is 14.0. The average Bonchev–Trinajstić information content (AvgIpc) is 2.83. The molecule has 0 radical (unpaired) electrons. The Bertz CT molecular complexity index is 711. The average molecular weight is 457 g/mol. The van der Waals surface area contributed by atoms with Gasteiger partial charge >= 0.3 is 0 Å². The molecule has 0 fully saturated rings. The number of methoxy groups -OCH3 is 1. The topological polar surface area (TPSA) is 63.5 Å². The maximum Gasteiger partial charge on any atom is 0.191 e. The summed E-state index contributed by atoms with van der Waals surface area (Å²) >= 11 is 0. The minimum Gasteiger partial charge on any atom is -0.496 e. The molecular weight excluding hydrogens is 429 g/mol. The van der Waals surface area contributed by atoms with E-state index < -0.39 is 0 Å². The number of aromatic nitrogens is 2. The van der Waals surface area contributed by atoms with Gasteiger partial charge in [0, 0.05) is 37.0 Å². The molecule has 0 aliphatic heterocycles. The van der Waals surface area contributed by atoms with E-state index in [0.29, 0.717) is 13.1 Å². The Morgan fingerprint density at radius 2 is 1.96 bits per heavy atom. The van der Waals surface area contributed by atoms with Crippen LogP contribution >= 0.6 is 24.0 Å². The first-order chi connectivity index (χ1) is 11.6. The first kappa shape index (κ1) is 21.3. The van der Waals surface area contributed by atoms with Gasteiger partial charge in [0.1, 0.15) is 5.75 Å². The monoisotopic (exact) mass is 457 g/mol. The number of para-hydroxylation sites is 1. The fourth-order valence-corrected chi connectivity index (χ4v) is 2.58. The molecule has 0 aliphatic rings. The number of hydrogen-bond acceptors (Lipinski definition) is 3. The normalized spacial score (nSPS) is 11.0. The second-order valence-electron chi connectivity index (χ2n) is 5.63. The Kier molecular flexibility index (Phi) is 8.74. The number of nitrogens with one attached hydrogen (secondary N) is 2. The summed E-state index contributed by atoms with van der Waals surface area (Å²) in [7, 11) is 3.65. The van der Waals surface area contributed by atoms with Crippen LogP contribution in [0.1, 0.15) is 29.4 Å². The summed E-state index contributed by atoms with van der Waals surface area (Å²) in [5, 5.41) is 11.1. The van der Waals surface area contributed by atoms with Crippen molar-refractivity contribution >= 4 is 29.9 Å². The minimum atomic E-state index is 0. The van der Waals surface area contributed by atoms with E-state index in [4.69, 9.17) is 4.74 Å². The van der Waals surface area contributed by atoms with Crippen molar-refractivity contribution in [2.45, 2.75) is 33.9 Å². The molecule has 25 heavy (non-hydrogen) atoms. The lowest BCUT2D eigenvalue weighted by molar-refractivity contribution is 0.410. The van der Waals surface area contributed by atoms with E-state index in [1.54, 1.807) is 7.11 Å². The number of benzene rings is 1. The summed E-state index contributed by atoms with van der Waals surface area (Å²) in [4.78, 5) is 4.66. The van der Waals surface area contributed by atoms with E-state index in [9.17, 15) is 0 Å². The zero-order valence-electron chi connectivity index (χ0n) is 15.6. The lowest BCUT2D eigenvalue weighted by Gasteiger charge is -2.12. The molecule has 0 saturated carbocycles. The van der Waals surface area contributed by atoms with Gasteiger partial charge in [0.25, 0.3) is 0 Å². The molecular formula is C18H28IN5O. The van der Waals surface area contributed by atoms with Crippen molar-refractivity contribution < 1.29 is 4.74 Å². The molecule has 2 rings (SSSR count). The molecule has 2 aromatic rings. The van der Waals surface area contributed by atoms with Crippen LogP contribution in [0.25, 0.3) is 0 Å². The van der Waals surface area contributed by atoms with Gasteiger partial charge in [-0.3, -0.25) is 4.68 Å². The molecule has 0 saturated heterocycles. The summed E-state index contributed by atoms with van der Waals surface area (Å²) in [6.45, 7) is 8.23. The highest BCUT2D eigenvalue weighted by Gasteiger charge is 2.10. The summed E-state index contributed by atoms with van der Waals surface area (Å²) in [6.07, 6.45) is 0. The summed E-state index contributed by atoms with van der Waals surface area (Å²) in [5.74, 6) is 1.64. The van der Waals surface area contributed by atoms with Crippen LogP contribution < -0.4 is 15.4 Å². The van der Waals surface area contributed by atoms with Gasteiger partial charge in [0.2, 0.25) is 0 Å². The van der Waals surface area contributed by atoms with Crippen molar-refractivity contribution in [1.82, 2.24) is 20.4 Å². The van der Waals surface area contributed by atoms with Crippen molar-refractivity contribution in [1.29, 1.82) is 0 Å². The van der Waals surface area contributed by atoms with Crippen LogP contribution in [-0.4, -0.2) is 29.4 Å². The molecule has 1 aromatic carbocycles. The Labute approximate surface area is 167 Å². The van der Waals surface area contributed by atoms with Gasteiger partial charge < -0.3 is 15.4 Å². The second-order valence-corrected chi connectivity index (χ2v) is 5.63. The predicted molar refractivity (Wildman–Crippen MR) is 113 cm³/mol. The van der Waals surface area contributed by atoms with Crippen LogP contribution in [0, 0.1) is 13.8 Å². The number of guanidine groups is 1. The number of nitrogens with zero attached hydrogens (tertiary/aromatic N) is 3. The molecule has 0 amide bonds. The van der Waals surface area contributed by atoms with Gasteiger partial charge in [-0.1, -0.05) is 18.2 Å². The molecule has 2 N–H and O–H groups in total. The van der Waals surface area contributed by atoms with Gasteiger partial charge in [-0.05, 0) is 26.8 Å². The third-order valence-electron chi connectivity index (χ3n) is 4.04. The SMILES string of the molecule is CCNC(=NCc1ccccc1OC)NCc1c(C)nn(C)c1C.I.